The maximum Gasteiger partial charge on any atom is 0.385 e. The topological polar surface area (TPSA) is 40.5 Å². The fourth-order valence-corrected chi connectivity index (χ4v) is 1.05. The summed E-state index contributed by atoms with van der Waals surface area (Å²) in [6.07, 6.45) is -2.33. The van der Waals surface area contributed by atoms with Crippen molar-refractivity contribution in [2.45, 2.75) is 25.1 Å². The molecular weight excluding hydrogens is 165 g/mol. The Bertz CT molecular complexity index is 107. The highest BCUT2D eigenvalue weighted by atomic mass is 28.3. The van der Waals surface area contributed by atoms with E-state index >= 15 is 0 Å². The molecule has 2 N–H and O–H groups in total. The molecule has 0 rings (SSSR count). The molecule has 0 aliphatic heterocycles. The molecule has 0 aromatic heterocycles. The zero-order chi connectivity index (χ0) is 8.36. The van der Waals surface area contributed by atoms with Crippen LogP contribution in [0.5, 0.6) is 0 Å². The van der Waals surface area contributed by atoms with Gasteiger partial charge in [-0.3, -0.25) is 0 Å². The molecule has 0 bridgehead atoms. The van der Waals surface area contributed by atoms with Crippen LogP contribution in [0, 0.1) is 0 Å². The van der Waals surface area contributed by atoms with E-state index in [9.17, 15) is 13.2 Å². The minimum atomic E-state index is -3.60. The van der Waals surface area contributed by atoms with E-state index in [2.05, 4.69) is 0 Å². The monoisotopic (exact) mass is 173 g/mol. The first kappa shape index (κ1) is 9.93. The molecule has 0 saturated heterocycles. The first-order chi connectivity index (χ1) is 4.36. The first-order valence-electron chi connectivity index (χ1n) is 2.62. The molecule has 1 unspecified atom stereocenters. The number of hydrogen-bond acceptors (Lipinski definition) is 2. The van der Waals surface area contributed by atoms with Crippen LogP contribution < -0.4 is 0 Å². The van der Waals surface area contributed by atoms with Crippen LogP contribution in [0.3, 0.4) is 0 Å². The van der Waals surface area contributed by atoms with E-state index < -0.39 is 27.4 Å². The zero-order valence-corrected chi connectivity index (χ0v) is 6.31. The summed E-state index contributed by atoms with van der Waals surface area (Å²) < 4.78 is 36.1. The highest BCUT2D eigenvalue weighted by molar-refractivity contribution is 6.41. The first-order valence-corrected chi connectivity index (χ1v) is 4.22. The maximum absolute atomic E-state index is 12.1. The summed E-state index contributed by atoms with van der Waals surface area (Å²) in [5.74, 6) is -3.60. The van der Waals surface area contributed by atoms with E-state index in [4.69, 9.17) is 9.59 Å². The molecule has 0 amide bonds. The Labute approximate surface area is 58.1 Å². The van der Waals surface area contributed by atoms with Gasteiger partial charge in [0.2, 0.25) is 0 Å². The van der Waals surface area contributed by atoms with E-state index in [1.165, 1.54) is 0 Å². The van der Waals surface area contributed by atoms with Gasteiger partial charge in [-0.25, -0.2) is 13.2 Å². The van der Waals surface area contributed by atoms with Crippen molar-refractivity contribution >= 4 is 9.28 Å². The third-order valence-electron chi connectivity index (χ3n) is 0.976. The molecular formula is C4H8F3O2Si. The lowest BCUT2D eigenvalue weighted by Crippen LogP contribution is -2.33. The standard InChI is InChI=1S/C4H8F3O2Si/c1-3(5)4(6,7)2-10(8)9/h3,8-9H,2H2,1H3. The fraction of sp³-hybridized carbons (Fsp3) is 1.00. The van der Waals surface area contributed by atoms with Crippen molar-refractivity contribution in [1.29, 1.82) is 0 Å². The van der Waals surface area contributed by atoms with Crippen LogP contribution >= 0.6 is 0 Å². The van der Waals surface area contributed by atoms with Gasteiger partial charge in [0, 0.05) is 0 Å². The van der Waals surface area contributed by atoms with Crippen LogP contribution in [-0.4, -0.2) is 31.0 Å². The van der Waals surface area contributed by atoms with Gasteiger partial charge in [-0.1, -0.05) is 0 Å². The third-order valence-corrected chi connectivity index (χ3v) is 1.76. The van der Waals surface area contributed by atoms with Gasteiger partial charge in [0.1, 0.15) is 0 Å². The van der Waals surface area contributed by atoms with Gasteiger partial charge in [0.05, 0.1) is 6.04 Å². The molecule has 0 heterocycles. The molecule has 0 aliphatic rings. The fourth-order valence-electron chi connectivity index (χ4n) is 0.351. The Morgan fingerprint density at radius 3 is 2.00 bits per heavy atom. The van der Waals surface area contributed by atoms with Crippen LogP contribution in [-0.2, 0) is 0 Å². The number of alkyl halides is 3. The number of halogens is 3. The summed E-state index contributed by atoms with van der Waals surface area (Å²) in [6.45, 7) is 0.685. The summed E-state index contributed by atoms with van der Waals surface area (Å²) >= 11 is 0. The normalized spacial score (nSPS) is 15.9. The number of hydrogen-bond donors (Lipinski definition) is 2. The molecule has 0 spiro atoms. The predicted molar refractivity (Wildman–Crippen MR) is 30.5 cm³/mol. The Morgan fingerprint density at radius 1 is 1.50 bits per heavy atom. The second kappa shape index (κ2) is 3.36. The Morgan fingerprint density at radius 2 is 1.90 bits per heavy atom. The summed E-state index contributed by atoms with van der Waals surface area (Å²) in [5.41, 5.74) is 0. The number of rotatable bonds is 3. The molecule has 2 nitrogen and oxygen atoms in total. The largest absolute Gasteiger partial charge is 0.410 e. The van der Waals surface area contributed by atoms with Gasteiger partial charge in [0.15, 0.2) is 6.17 Å². The van der Waals surface area contributed by atoms with Gasteiger partial charge in [-0.05, 0) is 6.92 Å². The van der Waals surface area contributed by atoms with E-state index in [0.29, 0.717) is 6.92 Å². The van der Waals surface area contributed by atoms with Crippen molar-refractivity contribution in [2.75, 3.05) is 0 Å². The van der Waals surface area contributed by atoms with Gasteiger partial charge in [0.25, 0.3) is 5.92 Å². The molecule has 61 valence electrons. The van der Waals surface area contributed by atoms with Crippen LogP contribution in [0.2, 0.25) is 6.04 Å². The van der Waals surface area contributed by atoms with Crippen molar-refractivity contribution in [2.24, 2.45) is 0 Å². The quantitative estimate of drug-likeness (QED) is 0.608. The van der Waals surface area contributed by atoms with Crippen molar-refractivity contribution in [1.82, 2.24) is 0 Å². The van der Waals surface area contributed by atoms with Crippen molar-refractivity contribution in [3.8, 4) is 0 Å². The van der Waals surface area contributed by atoms with E-state index in [0.717, 1.165) is 0 Å². The van der Waals surface area contributed by atoms with Crippen molar-refractivity contribution in [3.05, 3.63) is 0 Å². The second-order valence-electron chi connectivity index (χ2n) is 1.97. The third kappa shape index (κ3) is 3.19. The van der Waals surface area contributed by atoms with Crippen LogP contribution in [0.15, 0.2) is 0 Å². The molecule has 0 saturated carbocycles. The molecule has 10 heavy (non-hydrogen) atoms. The highest BCUT2D eigenvalue weighted by Gasteiger charge is 2.39. The summed E-state index contributed by atoms with van der Waals surface area (Å²) in [4.78, 5) is 16.3. The molecule has 0 aromatic rings. The van der Waals surface area contributed by atoms with Gasteiger partial charge >= 0.3 is 9.28 Å². The van der Waals surface area contributed by atoms with E-state index in [1.807, 2.05) is 0 Å². The second-order valence-corrected chi connectivity index (χ2v) is 3.16. The van der Waals surface area contributed by atoms with Crippen LogP contribution in [0.1, 0.15) is 6.92 Å². The molecule has 6 heteroatoms. The molecule has 0 fully saturated rings. The van der Waals surface area contributed by atoms with Gasteiger partial charge in [-0.2, -0.15) is 0 Å². The maximum atomic E-state index is 12.1. The van der Waals surface area contributed by atoms with Crippen molar-refractivity contribution < 1.29 is 22.8 Å². The summed E-state index contributed by atoms with van der Waals surface area (Å²) in [7, 11) is -3.03. The van der Waals surface area contributed by atoms with Crippen LogP contribution in [0.25, 0.3) is 0 Å². The minimum Gasteiger partial charge on any atom is -0.410 e. The van der Waals surface area contributed by atoms with E-state index in [-0.39, 0.29) is 0 Å². The summed E-state index contributed by atoms with van der Waals surface area (Å²) in [5, 5.41) is 0. The van der Waals surface area contributed by atoms with Crippen molar-refractivity contribution in [3.63, 3.8) is 0 Å². The lowest BCUT2D eigenvalue weighted by atomic mass is 10.3. The molecule has 0 aliphatic carbocycles. The van der Waals surface area contributed by atoms with Gasteiger partial charge in [-0.15, -0.1) is 0 Å². The lowest BCUT2D eigenvalue weighted by molar-refractivity contribution is -0.0511. The average molecular weight is 173 g/mol. The van der Waals surface area contributed by atoms with Crippen LogP contribution in [0.4, 0.5) is 13.2 Å². The molecule has 1 radical (unpaired) electrons. The van der Waals surface area contributed by atoms with Gasteiger partial charge < -0.3 is 9.59 Å². The Balaban J connectivity index is 3.87. The SMILES string of the molecule is CC(F)C(F)(F)C[Si](O)O. The zero-order valence-electron chi connectivity index (χ0n) is 5.31. The average Bonchev–Trinajstić information content (AvgIpc) is 1.60. The lowest BCUT2D eigenvalue weighted by Gasteiger charge is -2.16. The molecule has 1 atom stereocenters. The smallest absolute Gasteiger partial charge is 0.385 e. The minimum absolute atomic E-state index is 0.685. The Kier molecular flexibility index (Phi) is 3.33. The Hall–Kier alpha value is -0.0731. The molecule has 0 aromatic carbocycles. The predicted octanol–water partition coefficient (Wildman–Crippen LogP) is 0.452. The highest BCUT2D eigenvalue weighted by Crippen LogP contribution is 2.26. The summed E-state index contributed by atoms with van der Waals surface area (Å²) in [6, 6.07) is -1.16. The van der Waals surface area contributed by atoms with E-state index in [1.54, 1.807) is 0 Å².